The van der Waals surface area contributed by atoms with Crippen LogP contribution in [0.15, 0.2) is 29.8 Å². The van der Waals surface area contributed by atoms with Gasteiger partial charge in [0.15, 0.2) is 0 Å². The topological polar surface area (TPSA) is 12.5 Å². The van der Waals surface area contributed by atoms with Gasteiger partial charge >= 0.3 is 0 Å². The summed E-state index contributed by atoms with van der Waals surface area (Å²) in [4.78, 5) is 2.61. The van der Waals surface area contributed by atoms with Crippen molar-refractivity contribution in [1.29, 1.82) is 0 Å². The van der Waals surface area contributed by atoms with Gasteiger partial charge in [-0.05, 0) is 36.6 Å². The number of para-hydroxylation sites is 1. The largest absolute Gasteiger partial charge is 0.489 e. The minimum atomic E-state index is 0.684. The molecule has 1 aromatic carbocycles. The van der Waals surface area contributed by atoms with E-state index in [9.17, 15) is 0 Å². The molecule has 3 aliphatic rings. The highest BCUT2D eigenvalue weighted by Gasteiger charge is 2.38. The van der Waals surface area contributed by atoms with Gasteiger partial charge in [0.25, 0.3) is 0 Å². The van der Waals surface area contributed by atoms with Crippen molar-refractivity contribution in [2.75, 3.05) is 19.7 Å². The Morgan fingerprint density at radius 2 is 2.19 bits per heavy atom. The number of hydrogen-bond donors (Lipinski definition) is 0. The summed E-state index contributed by atoms with van der Waals surface area (Å²) in [5.41, 5.74) is 4.43. The fraction of sp³-hybridized carbons (Fsp3) is 0.429. The molecule has 2 heteroatoms. The van der Waals surface area contributed by atoms with Gasteiger partial charge in [-0.15, -0.1) is 0 Å². The first-order valence-electron chi connectivity index (χ1n) is 6.11. The summed E-state index contributed by atoms with van der Waals surface area (Å²) in [6.07, 6.45) is 2.67. The van der Waals surface area contributed by atoms with Crippen molar-refractivity contribution in [2.45, 2.75) is 18.9 Å². The van der Waals surface area contributed by atoms with E-state index < -0.39 is 0 Å². The average Bonchev–Trinajstić information content (AvgIpc) is 2.88. The highest BCUT2D eigenvalue weighted by molar-refractivity contribution is 5.78. The van der Waals surface area contributed by atoms with Crippen LogP contribution < -0.4 is 4.74 Å². The number of rotatable bonds is 0. The predicted molar refractivity (Wildman–Crippen MR) is 63.5 cm³/mol. The Kier molecular flexibility index (Phi) is 1.71. The molecule has 3 heterocycles. The van der Waals surface area contributed by atoms with E-state index in [0.717, 1.165) is 18.9 Å². The Hall–Kier alpha value is -1.28. The molecule has 0 amide bonds. The molecule has 1 unspecified atom stereocenters. The fourth-order valence-electron chi connectivity index (χ4n) is 3.35. The van der Waals surface area contributed by atoms with Crippen LogP contribution in [0.4, 0.5) is 0 Å². The van der Waals surface area contributed by atoms with Gasteiger partial charge in [-0.3, -0.25) is 4.90 Å². The zero-order valence-electron chi connectivity index (χ0n) is 9.28. The first-order chi connectivity index (χ1) is 7.93. The van der Waals surface area contributed by atoms with E-state index in [0.29, 0.717) is 6.04 Å². The van der Waals surface area contributed by atoms with E-state index in [1.165, 1.54) is 24.9 Å². The molecule has 1 fully saturated rings. The molecular formula is C14H15NO. The van der Waals surface area contributed by atoms with Gasteiger partial charge in [-0.25, -0.2) is 0 Å². The van der Waals surface area contributed by atoms with Crippen LogP contribution in [-0.2, 0) is 0 Å². The Labute approximate surface area is 95.5 Å². The maximum absolute atomic E-state index is 5.86. The molecule has 0 spiro atoms. The Morgan fingerprint density at radius 3 is 3.19 bits per heavy atom. The summed E-state index contributed by atoms with van der Waals surface area (Å²) in [7, 11) is 0. The second-order valence-corrected chi connectivity index (χ2v) is 4.92. The molecular weight excluding hydrogens is 198 g/mol. The molecule has 16 heavy (non-hydrogen) atoms. The van der Waals surface area contributed by atoms with Crippen LogP contribution >= 0.6 is 0 Å². The van der Waals surface area contributed by atoms with E-state index >= 15 is 0 Å². The maximum atomic E-state index is 5.86. The van der Waals surface area contributed by atoms with Gasteiger partial charge in [-0.1, -0.05) is 18.2 Å². The number of fused-ring (bicyclic) bond motifs is 4. The van der Waals surface area contributed by atoms with Gasteiger partial charge in [0.05, 0.1) is 0 Å². The Bertz CT molecular complexity index is 477. The van der Waals surface area contributed by atoms with Crippen LogP contribution in [0.3, 0.4) is 0 Å². The van der Waals surface area contributed by atoms with Gasteiger partial charge in [0.1, 0.15) is 12.4 Å². The zero-order chi connectivity index (χ0) is 10.5. The first kappa shape index (κ1) is 8.82. The summed E-state index contributed by atoms with van der Waals surface area (Å²) in [6.45, 7) is 3.22. The molecule has 0 N–H and O–H groups in total. The third-order valence-electron chi connectivity index (χ3n) is 4.11. The number of benzene rings is 1. The van der Waals surface area contributed by atoms with Crippen molar-refractivity contribution in [3.05, 3.63) is 35.4 Å². The van der Waals surface area contributed by atoms with Crippen LogP contribution in [0.5, 0.6) is 5.75 Å². The molecule has 0 aliphatic carbocycles. The van der Waals surface area contributed by atoms with Crippen LogP contribution in [0.25, 0.3) is 5.57 Å². The van der Waals surface area contributed by atoms with E-state index in [4.69, 9.17) is 4.74 Å². The molecule has 0 saturated carbocycles. The lowest BCUT2D eigenvalue weighted by Gasteiger charge is -2.21. The van der Waals surface area contributed by atoms with Gasteiger partial charge in [0, 0.05) is 18.2 Å². The van der Waals surface area contributed by atoms with E-state index in [1.807, 2.05) is 0 Å². The van der Waals surface area contributed by atoms with Gasteiger partial charge < -0.3 is 4.74 Å². The third-order valence-corrected chi connectivity index (χ3v) is 4.11. The fourth-order valence-corrected chi connectivity index (χ4v) is 3.35. The number of ether oxygens (including phenoxy) is 1. The zero-order valence-corrected chi connectivity index (χ0v) is 9.28. The minimum Gasteiger partial charge on any atom is -0.489 e. The molecule has 1 atom stereocenters. The molecule has 82 valence electrons. The molecule has 0 bridgehead atoms. The van der Waals surface area contributed by atoms with Crippen molar-refractivity contribution in [2.24, 2.45) is 0 Å². The van der Waals surface area contributed by atoms with Crippen molar-refractivity contribution < 1.29 is 4.74 Å². The smallest absolute Gasteiger partial charge is 0.127 e. The maximum Gasteiger partial charge on any atom is 0.127 e. The van der Waals surface area contributed by atoms with E-state index in [2.05, 4.69) is 29.2 Å². The number of nitrogens with zero attached hydrogens (tertiary/aromatic N) is 1. The molecule has 4 rings (SSSR count). The Morgan fingerprint density at radius 1 is 1.25 bits per heavy atom. The summed E-state index contributed by atoms with van der Waals surface area (Å²) in [5, 5.41) is 0. The first-order valence-corrected chi connectivity index (χ1v) is 6.11. The minimum absolute atomic E-state index is 0.684. The lowest BCUT2D eigenvalue weighted by molar-refractivity contribution is 0.300. The Balaban J connectivity index is 1.85. The van der Waals surface area contributed by atoms with Crippen molar-refractivity contribution in [3.8, 4) is 5.75 Å². The summed E-state index contributed by atoms with van der Waals surface area (Å²) < 4.78 is 5.86. The van der Waals surface area contributed by atoms with Crippen molar-refractivity contribution in [3.63, 3.8) is 0 Å². The molecule has 3 aliphatic heterocycles. The second-order valence-electron chi connectivity index (χ2n) is 4.92. The van der Waals surface area contributed by atoms with E-state index in [-0.39, 0.29) is 0 Å². The van der Waals surface area contributed by atoms with Crippen LogP contribution in [0, 0.1) is 0 Å². The normalized spacial score (nSPS) is 27.4. The monoisotopic (exact) mass is 213 g/mol. The number of hydrogen-bond acceptors (Lipinski definition) is 2. The van der Waals surface area contributed by atoms with Crippen LogP contribution in [0.1, 0.15) is 18.4 Å². The second kappa shape index (κ2) is 3.11. The predicted octanol–water partition coefficient (Wildman–Crippen LogP) is 2.31. The summed E-state index contributed by atoms with van der Waals surface area (Å²) in [5.74, 6) is 1.07. The molecule has 2 nitrogen and oxygen atoms in total. The third kappa shape index (κ3) is 1.05. The lowest BCUT2D eigenvalue weighted by atomic mass is 9.95. The molecule has 0 radical (unpaired) electrons. The molecule has 1 saturated heterocycles. The lowest BCUT2D eigenvalue weighted by Crippen LogP contribution is -2.26. The van der Waals surface area contributed by atoms with Crippen LogP contribution in [0.2, 0.25) is 0 Å². The van der Waals surface area contributed by atoms with Crippen molar-refractivity contribution >= 4 is 5.57 Å². The van der Waals surface area contributed by atoms with Crippen LogP contribution in [-0.4, -0.2) is 30.6 Å². The quantitative estimate of drug-likeness (QED) is 0.655. The standard InChI is InChI=1S/C14H15NO/c1-2-6-14-10(4-1)11-8-15-7-3-5-13(15)12(11)9-16-14/h1-2,4,6,13H,3,5,7-9H2. The van der Waals surface area contributed by atoms with Gasteiger partial charge in [-0.2, -0.15) is 0 Å². The van der Waals surface area contributed by atoms with Crippen molar-refractivity contribution in [1.82, 2.24) is 4.90 Å². The SMILES string of the molecule is c1ccc2c(c1)OCC1=C2CN2CCCC12. The highest BCUT2D eigenvalue weighted by atomic mass is 16.5. The summed E-state index contributed by atoms with van der Waals surface area (Å²) in [6, 6.07) is 9.14. The molecule has 0 aromatic heterocycles. The van der Waals surface area contributed by atoms with E-state index in [1.54, 1.807) is 11.1 Å². The average molecular weight is 213 g/mol. The summed E-state index contributed by atoms with van der Waals surface area (Å²) >= 11 is 0. The molecule has 1 aromatic rings. The highest BCUT2D eigenvalue weighted by Crippen LogP contribution is 2.42. The van der Waals surface area contributed by atoms with Gasteiger partial charge in [0.2, 0.25) is 0 Å².